The number of piperidine rings is 1. The molecule has 6 heteroatoms. The molecule has 1 saturated carbocycles. The predicted molar refractivity (Wildman–Crippen MR) is 115 cm³/mol. The average molecular weight is 409 g/mol. The molecule has 1 saturated heterocycles. The van der Waals surface area contributed by atoms with Crippen LogP contribution in [0.4, 0.5) is 0 Å². The molecule has 2 N–H and O–H groups in total. The van der Waals surface area contributed by atoms with Crippen molar-refractivity contribution in [3.05, 3.63) is 35.4 Å². The Hall–Kier alpha value is -0.790. The van der Waals surface area contributed by atoms with Gasteiger partial charge in [0.15, 0.2) is 11.1 Å². The van der Waals surface area contributed by atoms with Crippen LogP contribution in [0.1, 0.15) is 62.5 Å². The second-order valence-corrected chi connectivity index (χ2v) is 9.07. The molecule has 0 amide bonds. The maximum absolute atomic E-state index is 11.1. The maximum atomic E-state index is 11.1. The summed E-state index contributed by atoms with van der Waals surface area (Å²) in [5, 5.41) is 6.95. The lowest BCUT2D eigenvalue weighted by Gasteiger charge is -2.35. The number of aryl methyl sites for hydroxylation is 1. The van der Waals surface area contributed by atoms with E-state index in [1.807, 2.05) is 0 Å². The number of benzene rings is 1. The molecule has 1 aliphatic heterocycles. The fourth-order valence-electron chi connectivity index (χ4n) is 4.63. The van der Waals surface area contributed by atoms with Crippen molar-refractivity contribution in [3.8, 4) is 0 Å². The highest BCUT2D eigenvalue weighted by atomic mass is 32.2. The van der Waals surface area contributed by atoms with Crippen molar-refractivity contribution in [1.29, 1.82) is 0 Å². The van der Waals surface area contributed by atoms with Crippen LogP contribution in [0.2, 0.25) is 0 Å². The first-order valence-electron chi connectivity index (χ1n) is 10.8. The van der Waals surface area contributed by atoms with E-state index in [4.69, 9.17) is 8.92 Å². The van der Waals surface area contributed by atoms with E-state index in [-0.39, 0.29) is 0 Å². The molecule has 1 aliphatic carbocycles. The van der Waals surface area contributed by atoms with Gasteiger partial charge in [0.1, 0.15) is 6.73 Å². The van der Waals surface area contributed by atoms with Crippen LogP contribution in [0.5, 0.6) is 0 Å². The molecule has 1 unspecified atom stereocenters. The van der Waals surface area contributed by atoms with E-state index in [9.17, 15) is 4.21 Å². The Morgan fingerprint density at radius 2 is 1.96 bits per heavy atom. The third-order valence-electron chi connectivity index (χ3n) is 6.22. The molecule has 2 aliphatic rings. The van der Waals surface area contributed by atoms with E-state index in [0.29, 0.717) is 30.8 Å². The van der Waals surface area contributed by atoms with Crippen molar-refractivity contribution < 1.29 is 13.1 Å². The first-order chi connectivity index (χ1) is 13.7. The maximum Gasteiger partial charge on any atom is 0.153 e. The van der Waals surface area contributed by atoms with Crippen molar-refractivity contribution in [1.82, 2.24) is 10.6 Å². The number of nitrogens with one attached hydrogen (secondary N) is 2. The van der Waals surface area contributed by atoms with Crippen molar-refractivity contribution in [2.45, 2.75) is 76.0 Å². The Balaban J connectivity index is 1.43. The van der Waals surface area contributed by atoms with Gasteiger partial charge in [-0.3, -0.25) is 9.50 Å². The van der Waals surface area contributed by atoms with Gasteiger partial charge in [-0.1, -0.05) is 31.2 Å². The van der Waals surface area contributed by atoms with Gasteiger partial charge in [0.25, 0.3) is 0 Å². The third kappa shape index (κ3) is 6.36. The van der Waals surface area contributed by atoms with Crippen LogP contribution in [0.3, 0.4) is 0 Å². The first-order valence-corrected chi connectivity index (χ1v) is 12.3. The largest absolute Gasteiger partial charge is 0.377 e. The van der Waals surface area contributed by atoms with E-state index in [0.717, 1.165) is 45.3 Å². The van der Waals surface area contributed by atoms with Crippen molar-refractivity contribution in [3.63, 3.8) is 0 Å². The summed E-state index contributed by atoms with van der Waals surface area (Å²) in [4.78, 5) is 0. The van der Waals surface area contributed by atoms with Gasteiger partial charge in [0.05, 0.1) is 12.7 Å². The van der Waals surface area contributed by atoms with Crippen molar-refractivity contribution >= 4 is 11.1 Å². The summed E-state index contributed by atoms with van der Waals surface area (Å²) in [6.45, 7) is 4.34. The van der Waals surface area contributed by atoms with E-state index in [1.165, 1.54) is 18.4 Å². The number of hydrogen-bond donors (Lipinski definition) is 2. The summed E-state index contributed by atoms with van der Waals surface area (Å²) in [5.41, 5.74) is 3.05. The highest BCUT2D eigenvalue weighted by Gasteiger charge is 2.28. The van der Waals surface area contributed by atoms with Gasteiger partial charge in [-0.2, -0.15) is 0 Å². The second kappa shape index (κ2) is 11.4. The Morgan fingerprint density at radius 3 is 2.71 bits per heavy atom. The molecule has 0 aromatic heterocycles. The molecule has 5 nitrogen and oxygen atoms in total. The molecule has 1 heterocycles. The SMILES string of the molecule is CCc1ccccc1C1CCC(OC[C@@H]2NCCC[C@@H]2NCOS(C)=O)CC1. The van der Waals surface area contributed by atoms with E-state index < -0.39 is 11.1 Å². The molecular weight excluding hydrogens is 372 g/mol. The topological polar surface area (TPSA) is 59.6 Å². The van der Waals surface area contributed by atoms with Crippen LogP contribution in [-0.4, -0.2) is 48.5 Å². The molecular formula is C22H36N2O3S. The van der Waals surface area contributed by atoms with Crippen LogP contribution < -0.4 is 10.6 Å². The van der Waals surface area contributed by atoms with Gasteiger partial charge in [-0.15, -0.1) is 0 Å². The summed E-state index contributed by atoms with van der Waals surface area (Å²) < 4.78 is 22.5. The molecule has 0 radical (unpaired) electrons. The van der Waals surface area contributed by atoms with E-state index >= 15 is 0 Å². The van der Waals surface area contributed by atoms with Gasteiger partial charge >= 0.3 is 0 Å². The molecule has 1 aromatic carbocycles. The van der Waals surface area contributed by atoms with Gasteiger partial charge in [-0.25, -0.2) is 4.21 Å². The smallest absolute Gasteiger partial charge is 0.153 e. The van der Waals surface area contributed by atoms with Crippen molar-refractivity contribution in [2.24, 2.45) is 0 Å². The van der Waals surface area contributed by atoms with Crippen molar-refractivity contribution in [2.75, 3.05) is 26.1 Å². The van der Waals surface area contributed by atoms with Crippen LogP contribution in [0.15, 0.2) is 24.3 Å². The van der Waals surface area contributed by atoms with Crippen LogP contribution in [0, 0.1) is 0 Å². The molecule has 1 aromatic rings. The molecule has 158 valence electrons. The van der Waals surface area contributed by atoms with Crippen LogP contribution in [-0.2, 0) is 26.4 Å². The van der Waals surface area contributed by atoms with Gasteiger partial charge in [0.2, 0.25) is 0 Å². The zero-order chi connectivity index (χ0) is 19.8. The number of hydrogen-bond acceptors (Lipinski definition) is 5. The molecule has 0 spiro atoms. The Morgan fingerprint density at radius 1 is 1.18 bits per heavy atom. The minimum Gasteiger partial charge on any atom is -0.377 e. The monoisotopic (exact) mass is 408 g/mol. The van der Waals surface area contributed by atoms with E-state index in [2.05, 4.69) is 41.8 Å². The molecule has 28 heavy (non-hydrogen) atoms. The molecule has 0 bridgehead atoms. The minimum atomic E-state index is -1.22. The second-order valence-electron chi connectivity index (χ2n) is 8.04. The number of ether oxygens (including phenoxy) is 1. The molecule has 2 fully saturated rings. The predicted octanol–water partition coefficient (Wildman–Crippen LogP) is 3.27. The standard InChI is InChI=1S/C22H36N2O3S/c1-3-17-7-4-5-8-20(17)18-10-12-19(13-11-18)26-15-22-21(9-6-14-23-22)24-16-27-28(2)25/h4-5,7-8,18-19,21-24H,3,6,9-16H2,1-2H3/t18?,19?,21-,22-,28?/m0/s1. The van der Waals surface area contributed by atoms with Gasteiger partial charge < -0.3 is 10.1 Å². The summed E-state index contributed by atoms with van der Waals surface area (Å²) in [7, 11) is 0. The zero-order valence-corrected chi connectivity index (χ0v) is 18.1. The summed E-state index contributed by atoms with van der Waals surface area (Å²) in [5.74, 6) is 0.685. The van der Waals surface area contributed by atoms with Gasteiger partial charge in [0, 0.05) is 18.3 Å². The third-order valence-corrected chi connectivity index (χ3v) is 6.67. The lowest BCUT2D eigenvalue weighted by atomic mass is 9.80. The summed E-state index contributed by atoms with van der Waals surface area (Å²) >= 11 is -1.22. The van der Waals surface area contributed by atoms with Crippen LogP contribution >= 0.6 is 0 Å². The highest BCUT2D eigenvalue weighted by Crippen LogP contribution is 2.35. The normalized spacial score (nSPS) is 29.5. The lowest BCUT2D eigenvalue weighted by molar-refractivity contribution is 0.00260. The lowest BCUT2D eigenvalue weighted by Crippen LogP contribution is -2.54. The Labute approximate surface area is 172 Å². The molecule has 3 rings (SSSR count). The Kier molecular flexibility index (Phi) is 8.93. The fourth-order valence-corrected chi connectivity index (χ4v) is 4.87. The molecule has 3 atom stereocenters. The Bertz CT molecular complexity index is 620. The number of rotatable bonds is 9. The zero-order valence-electron chi connectivity index (χ0n) is 17.3. The summed E-state index contributed by atoms with van der Waals surface area (Å²) in [6.07, 6.45) is 10.0. The summed E-state index contributed by atoms with van der Waals surface area (Å²) in [6, 6.07) is 9.53. The van der Waals surface area contributed by atoms with Gasteiger partial charge in [-0.05, 0) is 68.5 Å². The average Bonchev–Trinajstić information content (AvgIpc) is 2.73. The fraction of sp³-hybridized carbons (Fsp3) is 0.727. The highest BCUT2D eigenvalue weighted by molar-refractivity contribution is 7.79. The quantitative estimate of drug-likeness (QED) is 0.614. The first kappa shape index (κ1) is 21.9. The van der Waals surface area contributed by atoms with E-state index in [1.54, 1.807) is 11.8 Å². The minimum absolute atomic E-state index is 0.293. The van der Waals surface area contributed by atoms with Crippen LogP contribution in [0.25, 0.3) is 0 Å².